The Morgan fingerprint density at radius 3 is 1.57 bits per heavy atom. The maximum Gasteiger partial charge on any atom is 0.119 e. The Morgan fingerprint density at radius 1 is 0.762 bits per heavy atom. The summed E-state index contributed by atoms with van der Waals surface area (Å²) in [6.45, 7) is 4.32. The molecule has 0 heterocycles. The van der Waals surface area contributed by atoms with E-state index in [1.54, 1.807) is 14.2 Å². The third kappa shape index (κ3) is 3.99. The number of hydrogen-bond acceptors (Lipinski definition) is 3. The maximum absolute atomic E-state index is 5.28. The minimum absolute atomic E-state index is 0.237. The first-order valence-electron chi connectivity index (χ1n) is 7.18. The summed E-state index contributed by atoms with van der Waals surface area (Å²) in [5.41, 5.74) is 2.42. The van der Waals surface area contributed by atoms with Crippen LogP contribution in [0.15, 0.2) is 48.5 Å². The lowest BCUT2D eigenvalue weighted by Crippen LogP contribution is -2.22. The molecule has 2 aromatic rings. The van der Waals surface area contributed by atoms with Crippen LogP contribution in [-0.4, -0.2) is 14.2 Å². The first-order valence-corrected chi connectivity index (χ1v) is 7.18. The van der Waals surface area contributed by atoms with Crippen molar-refractivity contribution >= 4 is 0 Å². The van der Waals surface area contributed by atoms with Gasteiger partial charge in [-0.15, -0.1) is 0 Å². The van der Waals surface area contributed by atoms with Crippen molar-refractivity contribution < 1.29 is 9.47 Å². The van der Waals surface area contributed by atoms with Crippen molar-refractivity contribution in [3.05, 3.63) is 59.7 Å². The molecule has 0 radical (unpaired) electrons. The largest absolute Gasteiger partial charge is 0.497 e. The lowest BCUT2D eigenvalue weighted by atomic mass is 10.0. The summed E-state index contributed by atoms with van der Waals surface area (Å²) in [4.78, 5) is 0. The van der Waals surface area contributed by atoms with Crippen molar-refractivity contribution in [3.63, 3.8) is 0 Å². The van der Waals surface area contributed by atoms with Gasteiger partial charge in [-0.1, -0.05) is 24.3 Å². The molecule has 0 fully saturated rings. The molecule has 2 rings (SSSR count). The van der Waals surface area contributed by atoms with Gasteiger partial charge in [0.15, 0.2) is 0 Å². The van der Waals surface area contributed by atoms with Gasteiger partial charge >= 0.3 is 0 Å². The van der Waals surface area contributed by atoms with E-state index in [-0.39, 0.29) is 12.1 Å². The molecule has 1 unspecified atom stereocenters. The van der Waals surface area contributed by atoms with E-state index >= 15 is 0 Å². The molecule has 0 amide bonds. The van der Waals surface area contributed by atoms with Crippen LogP contribution in [-0.2, 0) is 0 Å². The molecule has 3 nitrogen and oxygen atoms in total. The normalized spacial score (nSPS) is 13.5. The van der Waals surface area contributed by atoms with Gasteiger partial charge in [-0.3, -0.25) is 0 Å². The molecule has 2 atom stereocenters. The number of hydrogen-bond donors (Lipinski definition) is 1. The number of methoxy groups -OCH3 is 2. The molecule has 0 bridgehead atoms. The molecule has 1 N–H and O–H groups in total. The average Bonchev–Trinajstić information content (AvgIpc) is 2.54. The Labute approximate surface area is 126 Å². The Hall–Kier alpha value is -2.00. The molecule has 0 saturated carbocycles. The molecule has 112 valence electrons. The van der Waals surface area contributed by atoms with Gasteiger partial charge in [0.1, 0.15) is 11.5 Å². The van der Waals surface area contributed by atoms with Crippen molar-refractivity contribution in [2.24, 2.45) is 0 Å². The van der Waals surface area contributed by atoms with E-state index in [4.69, 9.17) is 9.47 Å². The topological polar surface area (TPSA) is 30.5 Å². The van der Waals surface area contributed by atoms with Gasteiger partial charge in [0.05, 0.1) is 14.2 Å². The second kappa shape index (κ2) is 7.14. The number of benzene rings is 2. The molecule has 0 aliphatic heterocycles. The molecule has 3 heteroatoms. The van der Waals surface area contributed by atoms with Gasteiger partial charge < -0.3 is 14.8 Å². The zero-order valence-corrected chi connectivity index (χ0v) is 13.1. The van der Waals surface area contributed by atoms with Crippen molar-refractivity contribution in [2.75, 3.05) is 14.2 Å². The highest BCUT2D eigenvalue weighted by molar-refractivity contribution is 5.32. The highest BCUT2D eigenvalue weighted by Crippen LogP contribution is 2.24. The van der Waals surface area contributed by atoms with Gasteiger partial charge in [-0.05, 0) is 49.2 Å². The Balaban J connectivity index is 2.08. The third-order valence-electron chi connectivity index (χ3n) is 3.69. The molecular formula is C18H23NO2. The molecular weight excluding hydrogens is 262 g/mol. The van der Waals surface area contributed by atoms with E-state index in [1.807, 2.05) is 24.3 Å². The summed E-state index contributed by atoms with van der Waals surface area (Å²) in [5.74, 6) is 1.77. The molecule has 0 spiro atoms. The summed E-state index contributed by atoms with van der Waals surface area (Å²) in [7, 11) is 3.38. The highest BCUT2D eigenvalue weighted by atomic mass is 16.5. The van der Waals surface area contributed by atoms with Crippen molar-refractivity contribution in [1.82, 2.24) is 5.32 Å². The van der Waals surface area contributed by atoms with E-state index in [2.05, 4.69) is 43.4 Å². The van der Waals surface area contributed by atoms with Crippen LogP contribution in [0.3, 0.4) is 0 Å². The fourth-order valence-corrected chi connectivity index (χ4v) is 2.39. The predicted molar refractivity (Wildman–Crippen MR) is 86.0 cm³/mol. The molecule has 0 saturated heterocycles. The standard InChI is InChI=1S/C18H23NO2/c1-13(15-7-5-9-17(11-15)20-3)19-14(2)16-8-6-10-18(12-16)21-4/h5-14,19H,1-4H3/t13-,14?/m0/s1. The highest BCUT2D eigenvalue weighted by Gasteiger charge is 2.12. The van der Waals surface area contributed by atoms with Crippen LogP contribution in [0.1, 0.15) is 37.1 Å². The zero-order chi connectivity index (χ0) is 15.2. The SMILES string of the molecule is COc1cccc(C(C)N[C@@H](C)c2cccc(OC)c2)c1. The molecule has 0 aromatic heterocycles. The first-order chi connectivity index (χ1) is 10.1. The maximum atomic E-state index is 5.28. The van der Waals surface area contributed by atoms with E-state index in [0.29, 0.717) is 0 Å². The minimum atomic E-state index is 0.237. The number of ether oxygens (including phenoxy) is 2. The fourth-order valence-electron chi connectivity index (χ4n) is 2.39. The van der Waals surface area contributed by atoms with Crippen molar-refractivity contribution in [2.45, 2.75) is 25.9 Å². The summed E-state index contributed by atoms with van der Waals surface area (Å²) in [5, 5.41) is 3.60. The Bertz CT molecular complexity index is 531. The monoisotopic (exact) mass is 285 g/mol. The first kappa shape index (κ1) is 15.4. The van der Waals surface area contributed by atoms with Gasteiger partial charge in [0, 0.05) is 12.1 Å². The van der Waals surface area contributed by atoms with E-state index in [1.165, 1.54) is 11.1 Å². The van der Waals surface area contributed by atoms with Gasteiger partial charge in [-0.25, -0.2) is 0 Å². The second-order valence-corrected chi connectivity index (χ2v) is 5.16. The zero-order valence-electron chi connectivity index (χ0n) is 13.1. The van der Waals surface area contributed by atoms with E-state index < -0.39 is 0 Å². The summed E-state index contributed by atoms with van der Waals surface area (Å²) in [6.07, 6.45) is 0. The van der Waals surface area contributed by atoms with Crippen LogP contribution in [0, 0.1) is 0 Å². The average molecular weight is 285 g/mol. The number of nitrogens with one attached hydrogen (secondary N) is 1. The summed E-state index contributed by atoms with van der Waals surface area (Å²) < 4.78 is 10.6. The summed E-state index contributed by atoms with van der Waals surface area (Å²) in [6, 6.07) is 16.8. The third-order valence-corrected chi connectivity index (χ3v) is 3.69. The molecule has 2 aromatic carbocycles. The van der Waals surface area contributed by atoms with Crippen molar-refractivity contribution in [3.8, 4) is 11.5 Å². The van der Waals surface area contributed by atoms with Crippen LogP contribution in [0.2, 0.25) is 0 Å². The second-order valence-electron chi connectivity index (χ2n) is 5.16. The van der Waals surface area contributed by atoms with Crippen LogP contribution in [0.25, 0.3) is 0 Å². The van der Waals surface area contributed by atoms with Crippen LogP contribution in [0.4, 0.5) is 0 Å². The Morgan fingerprint density at radius 2 is 1.19 bits per heavy atom. The molecule has 21 heavy (non-hydrogen) atoms. The van der Waals surface area contributed by atoms with E-state index in [0.717, 1.165) is 11.5 Å². The molecule has 0 aliphatic carbocycles. The van der Waals surface area contributed by atoms with Crippen LogP contribution < -0.4 is 14.8 Å². The van der Waals surface area contributed by atoms with Gasteiger partial charge in [-0.2, -0.15) is 0 Å². The van der Waals surface area contributed by atoms with Gasteiger partial charge in [0.25, 0.3) is 0 Å². The lowest BCUT2D eigenvalue weighted by Gasteiger charge is -2.21. The summed E-state index contributed by atoms with van der Waals surface area (Å²) >= 11 is 0. The smallest absolute Gasteiger partial charge is 0.119 e. The quantitative estimate of drug-likeness (QED) is 0.866. The lowest BCUT2D eigenvalue weighted by molar-refractivity contribution is 0.410. The predicted octanol–water partition coefficient (Wildman–Crippen LogP) is 4.12. The fraction of sp³-hybridized carbons (Fsp3) is 0.333. The van der Waals surface area contributed by atoms with Crippen LogP contribution >= 0.6 is 0 Å². The molecule has 0 aliphatic rings. The van der Waals surface area contributed by atoms with Crippen molar-refractivity contribution in [1.29, 1.82) is 0 Å². The number of rotatable bonds is 6. The minimum Gasteiger partial charge on any atom is -0.497 e. The van der Waals surface area contributed by atoms with Crippen LogP contribution in [0.5, 0.6) is 11.5 Å². The Kier molecular flexibility index (Phi) is 5.23. The van der Waals surface area contributed by atoms with Gasteiger partial charge in [0.2, 0.25) is 0 Å². The van der Waals surface area contributed by atoms with E-state index in [9.17, 15) is 0 Å².